The van der Waals surface area contributed by atoms with Crippen LogP contribution in [-0.4, -0.2) is 42.2 Å². The Bertz CT molecular complexity index is 1230. The zero-order valence-electron chi connectivity index (χ0n) is 20.8. The van der Waals surface area contributed by atoms with Crippen molar-refractivity contribution >= 4 is 29.0 Å². The van der Waals surface area contributed by atoms with Crippen molar-refractivity contribution in [2.45, 2.75) is 45.5 Å². The van der Waals surface area contributed by atoms with Gasteiger partial charge in [0.15, 0.2) is 11.6 Å². The van der Waals surface area contributed by atoms with Gasteiger partial charge in [0.05, 0.1) is 12.1 Å². The quantitative estimate of drug-likeness (QED) is 0.357. The van der Waals surface area contributed by atoms with E-state index in [-0.39, 0.29) is 10.8 Å². The molecule has 9 heteroatoms. The Morgan fingerprint density at radius 3 is 2.50 bits per heavy atom. The maximum atomic E-state index is 14.0. The monoisotopic (exact) mass is 532 g/mol. The van der Waals surface area contributed by atoms with Crippen LogP contribution in [0.4, 0.5) is 10.2 Å². The highest BCUT2D eigenvalue weighted by Gasteiger charge is 2.23. The summed E-state index contributed by atoms with van der Waals surface area (Å²) >= 11 is 12.4. The van der Waals surface area contributed by atoms with Crippen LogP contribution in [0.3, 0.4) is 0 Å². The van der Waals surface area contributed by atoms with Gasteiger partial charge in [-0.25, -0.2) is 9.37 Å². The van der Waals surface area contributed by atoms with Crippen molar-refractivity contribution in [2.24, 2.45) is 0 Å². The highest BCUT2D eigenvalue weighted by Crippen LogP contribution is 2.37. The summed E-state index contributed by atoms with van der Waals surface area (Å²) in [5.74, 6) is 0.795. The number of nitrogens with one attached hydrogen (secondary N) is 1. The van der Waals surface area contributed by atoms with Gasteiger partial charge in [0.1, 0.15) is 17.7 Å². The second kappa shape index (κ2) is 11.2. The lowest BCUT2D eigenvalue weighted by Gasteiger charge is -2.36. The molecule has 1 unspecified atom stereocenters. The molecule has 0 bridgehead atoms. The fraction of sp³-hybridized carbons (Fsp3) is 0.370. The molecule has 0 saturated carbocycles. The Morgan fingerprint density at radius 2 is 1.81 bits per heavy atom. The highest BCUT2D eigenvalue weighted by molar-refractivity contribution is 6.36. The summed E-state index contributed by atoms with van der Waals surface area (Å²) in [6, 6.07) is 11.5. The fourth-order valence-electron chi connectivity index (χ4n) is 4.74. The van der Waals surface area contributed by atoms with Crippen molar-refractivity contribution in [1.29, 1.82) is 0 Å². The third kappa shape index (κ3) is 5.86. The fourth-order valence-corrected chi connectivity index (χ4v) is 5.42. The van der Waals surface area contributed by atoms with E-state index in [1.54, 1.807) is 26.3 Å². The molecule has 3 aromatic rings. The first kappa shape index (κ1) is 26.5. The standard InChI is InChI=1S/C27H31Cl2FN4O2/c1-15-12-34(13-16(2)33-15)14-19-6-5-18(9-23(19)35-4)20-10-24(27(31)32-11-20)36-17(3)25-21(28)7-8-22(30)26(25)29/h5-11,15-17,33H,12-14H2,1-4H3,(H2,31,32)/t15-,16+,17?. The van der Waals surface area contributed by atoms with E-state index in [4.69, 9.17) is 38.4 Å². The summed E-state index contributed by atoms with van der Waals surface area (Å²) in [5.41, 5.74) is 9.27. The molecule has 4 rings (SSSR count). The zero-order chi connectivity index (χ0) is 26.0. The lowest BCUT2D eigenvalue weighted by atomic mass is 10.0. The van der Waals surface area contributed by atoms with Crippen LogP contribution in [0.5, 0.6) is 11.5 Å². The van der Waals surface area contributed by atoms with E-state index in [0.29, 0.717) is 28.4 Å². The molecule has 3 atom stereocenters. The summed E-state index contributed by atoms with van der Waals surface area (Å²) in [7, 11) is 1.68. The normalized spacial score (nSPS) is 19.2. The Balaban J connectivity index is 1.57. The number of methoxy groups -OCH3 is 1. The Morgan fingerprint density at radius 1 is 1.11 bits per heavy atom. The second-order valence-electron chi connectivity index (χ2n) is 9.31. The summed E-state index contributed by atoms with van der Waals surface area (Å²) in [5, 5.41) is 3.79. The number of nitrogens with zero attached hydrogens (tertiary/aromatic N) is 2. The molecule has 1 aliphatic rings. The molecule has 0 aliphatic carbocycles. The zero-order valence-corrected chi connectivity index (χ0v) is 22.3. The summed E-state index contributed by atoms with van der Waals surface area (Å²) < 4.78 is 25.8. The minimum atomic E-state index is -0.652. The Kier molecular flexibility index (Phi) is 8.25. The molecule has 2 heterocycles. The number of pyridine rings is 1. The first-order chi connectivity index (χ1) is 17.2. The average molecular weight is 533 g/mol. The average Bonchev–Trinajstić information content (AvgIpc) is 2.83. The lowest BCUT2D eigenvalue weighted by Crippen LogP contribution is -2.53. The van der Waals surface area contributed by atoms with Crippen LogP contribution in [0.2, 0.25) is 10.0 Å². The maximum absolute atomic E-state index is 14.0. The second-order valence-corrected chi connectivity index (χ2v) is 10.1. The van der Waals surface area contributed by atoms with Crippen LogP contribution >= 0.6 is 23.2 Å². The molecule has 1 fully saturated rings. The van der Waals surface area contributed by atoms with E-state index in [1.807, 2.05) is 12.1 Å². The van der Waals surface area contributed by atoms with Crippen LogP contribution in [-0.2, 0) is 6.54 Å². The minimum Gasteiger partial charge on any atom is -0.496 e. The Labute approximate surface area is 221 Å². The van der Waals surface area contributed by atoms with Crippen molar-refractivity contribution in [3.63, 3.8) is 0 Å². The van der Waals surface area contributed by atoms with Gasteiger partial charge < -0.3 is 20.5 Å². The maximum Gasteiger partial charge on any atom is 0.166 e. The van der Waals surface area contributed by atoms with E-state index in [1.165, 1.54) is 12.1 Å². The number of hydrogen-bond acceptors (Lipinski definition) is 6. The number of ether oxygens (including phenoxy) is 2. The van der Waals surface area contributed by atoms with Gasteiger partial charge in [0.2, 0.25) is 0 Å². The molecule has 0 spiro atoms. The van der Waals surface area contributed by atoms with Gasteiger partial charge >= 0.3 is 0 Å². The predicted molar refractivity (Wildman–Crippen MR) is 143 cm³/mol. The van der Waals surface area contributed by atoms with Gasteiger partial charge in [0.25, 0.3) is 0 Å². The molecule has 0 amide bonds. The third-order valence-electron chi connectivity index (χ3n) is 6.32. The predicted octanol–water partition coefficient (Wildman–Crippen LogP) is 6.11. The first-order valence-electron chi connectivity index (χ1n) is 11.9. The smallest absolute Gasteiger partial charge is 0.166 e. The molecule has 1 saturated heterocycles. The number of aromatic nitrogens is 1. The molecule has 36 heavy (non-hydrogen) atoms. The molecular weight excluding hydrogens is 502 g/mol. The van der Waals surface area contributed by atoms with Gasteiger partial charge in [-0.2, -0.15) is 0 Å². The largest absolute Gasteiger partial charge is 0.496 e. The van der Waals surface area contributed by atoms with Gasteiger partial charge in [-0.15, -0.1) is 0 Å². The van der Waals surface area contributed by atoms with Gasteiger partial charge in [-0.05, 0) is 50.6 Å². The number of rotatable bonds is 7. The van der Waals surface area contributed by atoms with Crippen LogP contribution < -0.4 is 20.5 Å². The first-order valence-corrected chi connectivity index (χ1v) is 12.6. The molecule has 192 valence electrons. The SMILES string of the molecule is COc1cc(-c2cnc(N)c(OC(C)c3c(Cl)ccc(F)c3Cl)c2)ccc1CN1C[C@@H](C)N[C@@H](C)C1. The number of piperazine rings is 1. The summed E-state index contributed by atoms with van der Waals surface area (Å²) in [6.45, 7) is 8.90. The third-order valence-corrected chi connectivity index (χ3v) is 7.03. The van der Waals surface area contributed by atoms with Crippen molar-refractivity contribution < 1.29 is 13.9 Å². The number of hydrogen-bond donors (Lipinski definition) is 2. The van der Waals surface area contributed by atoms with E-state index in [0.717, 1.165) is 42.1 Å². The molecule has 1 aromatic heterocycles. The topological polar surface area (TPSA) is 72.6 Å². The summed E-state index contributed by atoms with van der Waals surface area (Å²) in [4.78, 5) is 6.74. The summed E-state index contributed by atoms with van der Waals surface area (Å²) in [6.07, 6.45) is 1.03. The van der Waals surface area contributed by atoms with E-state index < -0.39 is 11.9 Å². The Hall–Kier alpha value is -2.58. The van der Waals surface area contributed by atoms with E-state index in [2.05, 4.69) is 35.1 Å². The minimum absolute atomic E-state index is 0.0775. The van der Waals surface area contributed by atoms with Crippen molar-refractivity contribution in [3.8, 4) is 22.6 Å². The van der Waals surface area contributed by atoms with Crippen molar-refractivity contribution in [1.82, 2.24) is 15.2 Å². The van der Waals surface area contributed by atoms with E-state index >= 15 is 0 Å². The molecule has 0 radical (unpaired) electrons. The van der Waals surface area contributed by atoms with Crippen LogP contribution in [0, 0.1) is 5.82 Å². The molecule has 3 N–H and O–H groups in total. The molecule has 2 aromatic carbocycles. The number of halogens is 3. The van der Waals surface area contributed by atoms with Gasteiger partial charge in [-0.1, -0.05) is 35.3 Å². The van der Waals surface area contributed by atoms with Crippen LogP contribution in [0.1, 0.15) is 38.0 Å². The van der Waals surface area contributed by atoms with Crippen molar-refractivity contribution in [2.75, 3.05) is 25.9 Å². The number of benzene rings is 2. The lowest BCUT2D eigenvalue weighted by molar-refractivity contribution is 0.165. The number of nitrogen functional groups attached to an aromatic ring is 1. The van der Waals surface area contributed by atoms with Crippen molar-refractivity contribution in [3.05, 3.63) is 69.6 Å². The molecule has 1 aliphatic heterocycles. The van der Waals surface area contributed by atoms with Crippen LogP contribution in [0.15, 0.2) is 42.6 Å². The highest BCUT2D eigenvalue weighted by atomic mass is 35.5. The van der Waals surface area contributed by atoms with Crippen LogP contribution in [0.25, 0.3) is 11.1 Å². The number of nitrogens with two attached hydrogens (primary N) is 1. The molecule has 6 nitrogen and oxygen atoms in total. The van der Waals surface area contributed by atoms with Gasteiger partial charge in [0, 0.05) is 59.6 Å². The van der Waals surface area contributed by atoms with E-state index in [9.17, 15) is 4.39 Å². The molecular formula is C27H31Cl2FN4O2. The number of anilines is 1. The van der Waals surface area contributed by atoms with Gasteiger partial charge in [-0.3, -0.25) is 4.90 Å².